The summed E-state index contributed by atoms with van der Waals surface area (Å²) in [5.74, 6) is 1.41. The van der Waals surface area contributed by atoms with E-state index in [1.54, 1.807) is 10.8 Å². The van der Waals surface area contributed by atoms with Gasteiger partial charge in [0.25, 0.3) is 11.1 Å². The summed E-state index contributed by atoms with van der Waals surface area (Å²) in [7, 11) is 0. The van der Waals surface area contributed by atoms with Crippen molar-refractivity contribution in [2.75, 3.05) is 6.61 Å². The molecule has 3 heterocycles. The number of nitrogens with zero attached hydrogens (tertiary/aromatic N) is 5. The molecule has 0 aliphatic carbocycles. The Morgan fingerprint density at radius 2 is 1.70 bits per heavy atom. The fourth-order valence-corrected chi connectivity index (χ4v) is 5.67. The second-order valence-corrected chi connectivity index (χ2v) is 11.9. The number of thiazole rings is 1. The average molecular weight is 590 g/mol. The highest BCUT2D eigenvalue weighted by atomic mass is 32.1. The highest BCUT2D eigenvalue weighted by Gasteiger charge is 2.16. The molecule has 6 aromatic rings. The van der Waals surface area contributed by atoms with E-state index in [9.17, 15) is 9.59 Å². The zero-order valence-electron chi connectivity index (χ0n) is 24.2. The van der Waals surface area contributed by atoms with E-state index in [1.807, 2.05) is 85.9 Å². The molecule has 3 aromatic heterocycles. The molecule has 43 heavy (non-hydrogen) atoms. The number of hydrogen-bond acceptors (Lipinski definition) is 7. The quantitative estimate of drug-likeness (QED) is 0.229. The largest absolute Gasteiger partial charge is 0.493 e. The number of hydrogen-bond donors (Lipinski definition) is 0. The Morgan fingerprint density at radius 3 is 2.42 bits per heavy atom. The van der Waals surface area contributed by atoms with E-state index in [-0.39, 0.29) is 16.2 Å². The smallest absolute Gasteiger partial charge is 0.296 e. The third-order valence-electron chi connectivity index (χ3n) is 7.12. The summed E-state index contributed by atoms with van der Waals surface area (Å²) in [6, 6.07) is 25.4. The van der Waals surface area contributed by atoms with Crippen molar-refractivity contribution in [1.82, 2.24) is 24.4 Å². The molecular weight excluding hydrogens is 558 g/mol. The van der Waals surface area contributed by atoms with Crippen molar-refractivity contribution in [3.63, 3.8) is 0 Å². The van der Waals surface area contributed by atoms with Gasteiger partial charge in [-0.05, 0) is 66.8 Å². The number of rotatable bonds is 9. The van der Waals surface area contributed by atoms with Gasteiger partial charge >= 0.3 is 0 Å². The lowest BCUT2D eigenvalue weighted by Gasteiger charge is -2.11. The molecule has 0 fully saturated rings. The first kappa shape index (κ1) is 28.2. The Kier molecular flexibility index (Phi) is 7.98. The predicted octanol–water partition coefficient (Wildman–Crippen LogP) is 5.24. The minimum absolute atomic E-state index is 0.230. The van der Waals surface area contributed by atoms with Crippen LogP contribution in [-0.2, 0) is 6.42 Å². The van der Waals surface area contributed by atoms with Crippen molar-refractivity contribution in [3.05, 3.63) is 133 Å². The lowest BCUT2D eigenvalue weighted by atomic mass is 10.0. The van der Waals surface area contributed by atoms with Gasteiger partial charge in [0.15, 0.2) is 0 Å². The molecule has 0 N–H and O–H groups in total. The Hall–Kier alpha value is -4.89. The Labute approximate surface area is 252 Å². The number of aryl methyl sites for hydroxylation is 1. The lowest BCUT2D eigenvalue weighted by molar-refractivity contribution is 0.288. The van der Waals surface area contributed by atoms with E-state index in [0.717, 1.165) is 57.1 Å². The number of aromatic nitrogens is 5. The number of benzene rings is 3. The van der Waals surface area contributed by atoms with Crippen molar-refractivity contribution in [1.29, 1.82) is 0 Å². The van der Waals surface area contributed by atoms with Crippen molar-refractivity contribution < 1.29 is 4.74 Å². The molecule has 0 unspecified atom stereocenters. The van der Waals surface area contributed by atoms with Gasteiger partial charge in [-0.15, -0.1) is 0 Å². The minimum Gasteiger partial charge on any atom is -0.493 e. The number of ether oxygens (including phenoxy) is 1. The molecular formula is C34H31N5O3S. The minimum atomic E-state index is -0.430. The maximum atomic E-state index is 13.5. The molecule has 0 amide bonds. The predicted molar refractivity (Wildman–Crippen MR) is 170 cm³/mol. The molecule has 0 atom stereocenters. The van der Waals surface area contributed by atoms with Crippen molar-refractivity contribution in [3.8, 4) is 22.7 Å². The van der Waals surface area contributed by atoms with Crippen molar-refractivity contribution >= 4 is 22.4 Å². The van der Waals surface area contributed by atoms with Gasteiger partial charge in [-0.25, -0.2) is 4.68 Å². The normalized spacial score (nSPS) is 12.0. The lowest BCUT2D eigenvalue weighted by Crippen LogP contribution is -2.28. The molecule has 6 rings (SSSR count). The zero-order valence-corrected chi connectivity index (χ0v) is 25.0. The second-order valence-electron chi connectivity index (χ2n) is 10.9. The van der Waals surface area contributed by atoms with E-state index in [1.165, 1.54) is 4.52 Å². The first-order valence-corrected chi connectivity index (χ1v) is 15.0. The molecule has 0 radical (unpaired) electrons. The molecule has 0 spiro atoms. The summed E-state index contributed by atoms with van der Waals surface area (Å²) in [6.07, 6.45) is 4.99. The van der Waals surface area contributed by atoms with Crippen molar-refractivity contribution in [2.24, 2.45) is 5.92 Å². The van der Waals surface area contributed by atoms with Gasteiger partial charge in [0.05, 0.1) is 16.8 Å². The maximum Gasteiger partial charge on any atom is 0.296 e. The van der Waals surface area contributed by atoms with E-state index in [4.69, 9.17) is 9.84 Å². The molecule has 0 aliphatic heterocycles. The molecule has 0 bridgehead atoms. The summed E-state index contributed by atoms with van der Waals surface area (Å²) in [5, 5.41) is 9.33. The first-order valence-electron chi connectivity index (χ1n) is 14.2. The zero-order chi connectivity index (χ0) is 29.9. The van der Waals surface area contributed by atoms with Crippen LogP contribution in [0.3, 0.4) is 0 Å². The number of fused-ring (bicyclic) bond motifs is 1. The Morgan fingerprint density at radius 1 is 0.953 bits per heavy atom. The highest BCUT2D eigenvalue weighted by Crippen LogP contribution is 2.29. The Balaban J connectivity index is 1.43. The first-order chi connectivity index (χ1) is 20.9. The van der Waals surface area contributed by atoms with Crippen molar-refractivity contribution in [2.45, 2.75) is 33.6 Å². The van der Waals surface area contributed by atoms with E-state index >= 15 is 0 Å². The molecule has 9 heteroatoms. The monoisotopic (exact) mass is 589 g/mol. The third-order valence-corrected chi connectivity index (χ3v) is 8.07. The average Bonchev–Trinajstić information content (AvgIpc) is 3.55. The van der Waals surface area contributed by atoms with Crippen LogP contribution in [0, 0.1) is 12.8 Å². The summed E-state index contributed by atoms with van der Waals surface area (Å²) in [6.45, 7) is 7.04. The van der Waals surface area contributed by atoms with Gasteiger partial charge in [-0.3, -0.25) is 9.59 Å². The fourth-order valence-electron chi connectivity index (χ4n) is 4.78. The van der Waals surface area contributed by atoms with Gasteiger partial charge in [0.2, 0.25) is 4.96 Å². The molecule has 216 valence electrons. The molecule has 0 saturated heterocycles. The van der Waals surface area contributed by atoms with Crippen LogP contribution in [0.4, 0.5) is 0 Å². The standard InChI is InChI=1S/C34H31N5O3S/c1-22(2)16-17-42-29-15-14-25(18-23(29)3)31-26(21-38(37-31)27-12-8-5-9-13-27)20-30-33(41)39-34(43-30)35-32(40)28(36-39)19-24-10-6-4-7-11-24/h4-15,18,20-22H,16-17,19H2,1-3H3/b30-20-. The highest BCUT2D eigenvalue weighted by molar-refractivity contribution is 7.15. The summed E-state index contributed by atoms with van der Waals surface area (Å²) in [4.78, 5) is 30.7. The van der Waals surface area contributed by atoms with Crippen LogP contribution in [0.25, 0.3) is 28.0 Å². The third kappa shape index (κ3) is 6.17. The van der Waals surface area contributed by atoms with Gasteiger partial charge in [-0.1, -0.05) is 73.7 Å². The van der Waals surface area contributed by atoms with Crippen LogP contribution in [0.5, 0.6) is 5.75 Å². The number of para-hydroxylation sites is 1. The van der Waals surface area contributed by atoms with E-state index < -0.39 is 5.56 Å². The van der Waals surface area contributed by atoms with Crippen LogP contribution in [0.15, 0.2) is 94.6 Å². The van der Waals surface area contributed by atoms with Crippen LogP contribution < -0.4 is 20.4 Å². The second kappa shape index (κ2) is 12.1. The summed E-state index contributed by atoms with van der Waals surface area (Å²) >= 11 is 1.14. The van der Waals surface area contributed by atoms with Gasteiger partial charge in [-0.2, -0.15) is 19.7 Å². The van der Waals surface area contributed by atoms with Crippen LogP contribution in [-0.4, -0.2) is 31.0 Å². The molecule has 8 nitrogen and oxygen atoms in total. The summed E-state index contributed by atoms with van der Waals surface area (Å²) < 4.78 is 9.47. The Bertz CT molecular complexity index is 2070. The molecule has 0 aliphatic rings. The van der Waals surface area contributed by atoms with Gasteiger partial charge in [0, 0.05) is 23.7 Å². The van der Waals surface area contributed by atoms with E-state index in [2.05, 4.69) is 30.0 Å². The molecule has 3 aromatic carbocycles. The van der Waals surface area contributed by atoms with Crippen LogP contribution in [0.2, 0.25) is 0 Å². The van der Waals surface area contributed by atoms with Crippen LogP contribution >= 0.6 is 11.3 Å². The summed E-state index contributed by atoms with van der Waals surface area (Å²) in [5.41, 5.74) is 4.68. The van der Waals surface area contributed by atoms with Gasteiger partial charge < -0.3 is 4.74 Å². The topological polar surface area (TPSA) is 91.4 Å². The molecule has 0 saturated carbocycles. The van der Waals surface area contributed by atoms with Gasteiger partial charge in [0.1, 0.15) is 17.1 Å². The van der Waals surface area contributed by atoms with E-state index in [0.29, 0.717) is 23.5 Å². The van der Waals surface area contributed by atoms with Crippen LogP contribution in [0.1, 0.15) is 42.7 Å². The SMILES string of the molecule is Cc1cc(-c2nn(-c3ccccc3)cc2/C=c2\sc3nc(=O)c(Cc4ccccc4)nn3c2=O)ccc1OCCC(C)C. The maximum absolute atomic E-state index is 13.5. The fraction of sp³-hybridized carbons (Fsp3) is 0.206.